The highest BCUT2D eigenvalue weighted by molar-refractivity contribution is 7.12. The summed E-state index contributed by atoms with van der Waals surface area (Å²) in [7, 11) is 1.32. The van der Waals surface area contributed by atoms with Crippen LogP contribution in [0.15, 0.2) is 11.4 Å². The number of nitrogens with two attached hydrogens (primary N) is 1. The number of likely N-dealkylation sites (tertiary alicyclic amines) is 1. The van der Waals surface area contributed by atoms with Crippen molar-refractivity contribution in [2.45, 2.75) is 19.4 Å². The van der Waals surface area contributed by atoms with E-state index in [0.29, 0.717) is 16.5 Å². The van der Waals surface area contributed by atoms with Crippen LogP contribution in [0, 0.1) is 5.92 Å². The fourth-order valence-corrected chi connectivity index (χ4v) is 3.46. The summed E-state index contributed by atoms with van der Waals surface area (Å²) in [5.74, 6) is -0.0814. The van der Waals surface area contributed by atoms with Gasteiger partial charge >= 0.3 is 5.97 Å². The maximum absolute atomic E-state index is 12.1. The number of methoxy groups -OCH3 is 1. The maximum atomic E-state index is 12.1. The zero-order valence-electron chi connectivity index (χ0n) is 12.3. The highest BCUT2D eigenvalue weighted by Crippen LogP contribution is 2.23. The lowest BCUT2D eigenvalue weighted by molar-refractivity contribution is -0.117. The molecule has 1 fully saturated rings. The number of amides is 1. The molecule has 3 N–H and O–H groups in total. The number of nitrogens with one attached hydrogen (secondary N) is 1. The molecule has 0 bridgehead atoms. The van der Waals surface area contributed by atoms with E-state index in [1.54, 1.807) is 11.4 Å². The van der Waals surface area contributed by atoms with Crippen LogP contribution in [0.1, 0.15) is 23.0 Å². The predicted molar refractivity (Wildman–Crippen MR) is 82.5 cm³/mol. The fraction of sp³-hybridized carbons (Fsp3) is 0.571. The van der Waals surface area contributed by atoms with E-state index in [2.05, 4.69) is 21.9 Å². The molecule has 21 heavy (non-hydrogen) atoms. The van der Waals surface area contributed by atoms with E-state index in [1.807, 2.05) is 0 Å². The van der Waals surface area contributed by atoms with Crippen LogP contribution in [-0.4, -0.2) is 49.6 Å². The molecule has 1 aromatic heterocycles. The molecule has 2 unspecified atom stereocenters. The summed E-state index contributed by atoms with van der Waals surface area (Å²) in [6, 6.07) is 1.83. The first-order valence-corrected chi connectivity index (χ1v) is 7.81. The molecule has 1 aliphatic rings. The van der Waals surface area contributed by atoms with Crippen LogP contribution >= 0.6 is 11.3 Å². The average molecular weight is 311 g/mol. The Morgan fingerprint density at radius 3 is 2.95 bits per heavy atom. The second-order valence-corrected chi connectivity index (χ2v) is 6.41. The molecule has 1 amide bonds. The molecule has 2 rings (SSSR count). The quantitative estimate of drug-likeness (QED) is 0.815. The number of nitrogens with zero attached hydrogens (tertiary/aromatic N) is 1. The number of hydrogen-bond acceptors (Lipinski definition) is 6. The van der Waals surface area contributed by atoms with Crippen LogP contribution in [0.5, 0.6) is 0 Å². The third kappa shape index (κ3) is 4.26. The molecule has 0 aliphatic carbocycles. The van der Waals surface area contributed by atoms with Crippen molar-refractivity contribution in [1.82, 2.24) is 4.90 Å². The minimum atomic E-state index is -0.436. The monoisotopic (exact) mass is 311 g/mol. The van der Waals surface area contributed by atoms with Gasteiger partial charge in [0.05, 0.1) is 19.3 Å². The lowest BCUT2D eigenvalue weighted by Crippen LogP contribution is -2.48. The Hall–Kier alpha value is -1.44. The van der Waals surface area contributed by atoms with Gasteiger partial charge in [0.25, 0.3) is 0 Å². The molecule has 1 aromatic rings. The maximum Gasteiger partial charge on any atom is 0.350 e. The number of esters is 1. The van der Waals surface area contributed by atoms with Gasteiger partial charge in [-0.25, -0.2) is 4.79 Å². The van der Waals surface area contributed by atoms with Crippen LogP contribution in [0.3, 0.4) is 0 Å². The second kappa shape index (κ2) is 7.02. The number of piperidine rings is 1. The third-order valence-corrected chi connectivity index (χ3v) is 4.34. The van der Waals surface area contributed by atoms with Crippen LogP contribution in [-0.2, 0) is 9.53 Å². The Balaban J connectivity index is 1.93. The molecule has 0 radical (unpaired) electrons. The highest BCUT2D eigenvalue weighted by Gasteiger charge is 2.24. The molecule has 2 atom stereocenters. The normalized spacial score (nSPS) is 22.8. The summed E-state index contributed by atoms with van der Waals surface area (Å²) in [6.07, 6.45) is 0.995. The molecule has 2 heterocycles. The van der Waals surface area contributed by atoms with Crippen molar-refractivity contribution in [3.8, 4) is 0 Å². The van der Waals surface area contributed by atoms with Crippen molar-refractivity contribution < 1.29 is 14.3 Å². The van der Waals surface area contributed by atoms with Crippen LogP contribution in [0.4, 0.5) is 5.69 Å². The first kappa shape index (κ1) is 15.9. The molecule has 0 aromatic carbocycles. The van der Waals surface area contributed by atoms with Gasteiger partial charge < -0.3 is 15.8 Å². The van der Waals surface area contributed by atoms with E-state index in [4.69, 9.17) is 5.73 Å². The number of anilines is 1. The number of thiophene rings is 1. The number of carbonyl (C=O) groups is 2. The molecule has 1 aliphatic heterocycles. The largest absolute Gasteiger partial charge is 0.465 e. The van der Waals surface area contributed by atoms with E-state index in [1.165, 1.54) is 18.4 Å². The zero-order valence-corrected chi connectivity index (χ0v) is 13.1. The lowest BCUT2D eigenvalue weighted by atomic mass is 9.97. The topological polar surface area (TPSA) is 84.7 Å². The highest BCUT2D eigenvalue weighted by atomic mass is 32.1. The van der Waals surface area contributed by atoms with Gasteiger partial charge in [0.15, 0.2) is 0 Å². The van der Waals surface area contributed by atoms with Crippen molar-refractivity contribution in [2.75, 3.05) is 32.1 Å². The van der Waals surface area contributed by atoms with Gasteiger partial charge in [-0.2, -0.15) is 0 Å². The molecule has 7 heteroatoms. The van der Waals surface area contributed by atoms with Crippen molar-refractivity contribution in [2.24, 2.45) is 11.7 Å². The van der Waals surface area contributed by atoms with E-state index in [0.717, 1.165) is 19.5 Å². The minimum Gasteiger partial charge on any atom is -0.465 e. The molecule has 116 valence electrons. The number of ether oxygens (including phenoxy) is 1. The SMILES string of the molecule is COC(=O)c1sccc1NC(=O)CN1CC(C)CC(N)C1. The predicted octanol–water partition coefficient (Wildman–Crippen LogP) is 1.14. The lowest BCUT2D eigenvalue weighted by Gasteiger charge is -2.34. The van der Waals surface area contributed by atoms with Gasteiger partial charge in [-0.3, -0.25) is 9.69 Å². The van der Waals surface area contributed by atoms with Gasteiger partial charge in [0.2, 0.25) is 5.91 Å². The summed E-state index contributed by atoms with van der Waals surface area (Å²) in [5, 5.41) is 4.52. The van der Waals surface area contributed by atoms with Crippen LogP contribution in [0.2, 0.25) is 0 Å². The van der Waals surface area contributed by atoms with Crippen LogP contribution in [0.25, 0.3) is 0 Å². The standard InChI is InChI=1S/C14H21N3O3S/c1-9-5-10(15)7-17(6-9)8-12(18)16-11-3-4-21-13(11)14(19)20-2/h3-4,9-10H,5-8,15H2,1-2H3,(H,16,18). The van der Waals surface area contributed by atoms with Crippen LogP contribution < -0.4 is 11.1 Å². The smallest absolute Gasteiger partial charge is 0.350 e. The van der Waals surface area contributed by atoms with E-state index in [9.17, 15) is 9.59 Å². The van der Waals surface area contributed by atoms with E-state index >= 15 is 0 Å². The number of rotatable bonds is 4. The molecular formula is C14H21N3O3S. The van der Waals surface area contributed by atoms with E-state index < -0.39 is 5.97 Å². The summed E-state index contributed by atoms with van der Waals surface area (Å²) >= 11 is 1.25. The van der Waals surface area contributed by atoms with Gasteiger partial charge in [-0.05, 0) is 23.8 Å². The molecular weight excluding hydrogens is 290 g/mol. The Morgan fingerprint density at radius 2 is 2.29 bits per heavy atom. The number of carbonyl (C=O) groups excluding carboxylic acids is 2. The Labute approximate surface area is 128 Å². The van der Waals surface area contributed by atoms with Crippen molar-refractivity contribution in [3.05, 3.63) is 16.3 Å². The second-order valence-electron chi connectivity index (χ2n) is 5.50. The fourth-order valence-electron chi connectivity index (χ4n) is 2.69. The Kier molecular flexibility index (Phi) is 5.33. The molecule has 1 saturated heterocycles. The summed E-state index contributed by atoms with van der Waals surface area (Å²) < 4.78 is 4.69. The van der Waals surface area contributed by atoms with Gasteiger partial charge in [0, 0.05) is 19.1 Å². The third-order valence-electron chi connectivity index (χ3n) is 3.45. The van der Waals surface area contributed by atoms with Gasteiger partial charge in [-0.15, -0.1) is 11.3 Å². The summed E-state index contributed by atoms with van der Waals surface area (Å²) in [5.41, 5.74) is 6.48. The molecule has 6 nitrogen and oxygen atoms in total. The van der Waals surface area contributed by atoms with Crippen molar-refractivity contribution >= 4 is 28.9 Å². The Morgan fingerprint density at radius 1 is 1.52 bits per heavy atom. The number of hydrogen-bond donors (Lipinski definition) is 2. The first-order valence-electron chi connectivity index (χ1n) is 6.93. The Bertz CT molecular complexity index is 507. The van der Waals surface area contributed by atoms with Crippen molar-refractivity contribution in [3.63, 3.8) is 0 Å². The van der Waals surface area contributed by atoms with Gasteiger partial charge in [-0.1, -0.05) is 6.92 Å². The minimum absolute atomic E-state index is 0.119. The molecule has 0 saturated carbocycles. The summed E-state index contributed by atoms with van der Waals surface area (Å²) in [6.45, 7) is 4.02. The van der Waals surface area contributed by atoms with Crippen molar-refractivity contribution in [1.29, 1.82) is 0 Å². The average Bonchev–Trinajstić information content (AvgIpc) is 2.84. The van der Waals surface area contributed by atoms with E-state index in [-0.39, 0.29) is 18.5 Å². The van der Waals surface area contributed by atoms with Gasteiger partial charge in [0.1, 0.15) is 4.88 Å². The summed E-state index contributed by atoms with van der Waals surface area (Å²) in [4.78, 5) is 26.1. The molecule has 0 spiro atoms. The zero-order chi connectivity index (χ0) is 15.4. The first-order chi connectivity index (χ1) is 9.99.